The van der Waals surface area contributed by atoms with Crippen molar-refractivity contribution in [2.45, 2.75) is 0 Å². The molecule has 7 nitrogen and oxygen atoms in total. The molecule has 0 atom stereocenters. The van der Waals surface area contributed by atoms with E-state index in [1.807, 2.05) is 0 Å². The first-order valence-electron chi connectivity index (χ1n) is 4.98. The quantitative estimate of drug-likeness (QED) is 0.645. The van der Waals surface area contributed by atoms with Crippen molar-refractivity contribution in [3.05, 3.63) is 23.8 Å². The Morgan fingerprint density at radius 1 is 1.44 bits per heavy atom. The predicted molar refractivity (Wildman–Crippen MR) is 63.6 cm³/mol. The SMILES string of the molecule is COc1cc(-c2cc(N)n[nH]2)cc(C(=O)O)c1O. The summed E-state index contributed by atoms with van der Waals surface area (Å²) in [7, 11) is 1.34. The Balaban J connectivity index is 2.62. The summed E-state index contributed by atoms with van der Waals surface area (Å²) >= 11 is 0. The van der Waals surface area contributed by atoms with Gasteiger partial charge in [0.15, 0.2) is 11.5 Å². The number of aromatic amines is 1. The Hall–Kier alpha value is -2.70. The molecule has 5 N–H and O–H groups in total. The zero-order chi connectivity index (χ0) is 13.3. The van der Waals surface area contributed by atoms with Gasteiger partial charge in [-0.25, -0.2) is 4.79 Å². The van der Waals surface area contributed by atoms with Crippen molar-refractivity contribution in [2.75, 3.05) is 12.8 Å². The molecule has 0 aliphatic rings. The third-order valence-electron chi connectivity index (χ3n) is 2.43. The number of carboxylic acid groups (broad SMARTS) is 1. The fourth-order valence-electron chi connectivity index (χ4n) is 1.57. The van der Waals surface area contributed by atoms with Crippen LogP contribution >= 0.6 is 0 Å². The summed E-state index contributed by atoms with van der Waals surface area (Å²) in [6, 6.07) is 4.36. The van der Waals surface area contributed by atoms with Crippen LogP contribution in [0, 0.1) is 0 Å². The molecule has 1 heterocycles. The number of phenols is 1. The van der Waals surface area contributed by atoms with Crippen molar-refractivity contribution in [1.82, 2.24) is 10.2 Å². The molecule has 1 aromatic heterocycles. The van der Waals surface area contributed by atoms with Crippen LogP contribution in [0.3, 0.4) is 0 Å². The van der Waals surface area contributed by atoms with Crippen molar-refractivity contribution in [1.29, 1.82) is 0 Å². The molecule has 0 spiro atoms. The Morgan fingerprint density at radius 2 is 2.17 bits per heavy atom. The van der Waals surface area contributed by atoms with Crippen LogP contribution in [0.15, 0.2) is 18.2 Å². The van der Waals surface area contributed by atoms with Gasteiger partial charge in [0.05, 0.1) is 12.8 Å². The predicted octanol–water partition coefficient (Wildman–Crippen LogP) is 1.07. The van der Waals surface area contributed by atoms with E-state index in [-0.39, 0.29) is 17.1 Å². The number of nitrogens with zero attached hydrogens (tertiary/aromatic N) is 1. The molecule has 2 aromatic rings. The van der Waals surface area contributed by atoms with Crippen LogP contribution in [-0.4, -0.2) is 33.5 Å². The van der Waals surface area contributed by atoms with Crippen molar-refractivity contribution in [3.63, 3.8) is 0 Å². The lowest BCUT2D eigenvalue weighted by Gasteiger charge is -2.08. The number of methoxy groups -OCH3 is 1. The monoisotopic (exact) mass is 249 g/mol. The first kappa shape index (κ1) is 11.8. The van der Waals surface area contributed by atoms with Gasteiger partial charge < -0.3 is 20.7 Å². The lowest BCUT2D eigenvalue weighted by molar-refractivity contribution is 0.0693. The zero-order valence-corrected chi connectivity index (χ0v) is 9.47. The van der Waals surface area contributed by atoms with Crippen LogP contribution in [0.2, 0.25) is 0 Å². The Bertz CT molecular complexity index is 606. The number of carbonyl (C=O) groups is 1. The molecule has 0 bridgehead atoms. The molecule has 0 saturated heterocycles. The molecule has 0 aliphatic carbocycles. The highest BCUT2D eigenvalue weighted by molar-refractivity contribution is 5.93. The maximum Gasteiger partial charge on any atom is 0.339 e. The maximum absolute atomic E-state index is 11.0. The molecule has 0 fully saturated rings. The second-order valence-corrected chi connectivity index (χ2v) is 3.59. The number of nitrogens with two attached hydrogens (primary N) is 1. The molecule has 0 aliphatic heterocycles. The van der Waals surface area contributed by atoms with Gasteiger partial charge in [0, 0.05) is 11.6 Å². The molecular weight excluding hydrogens is 238 g/mol. The lowest BCUT2D eigenvalue weighted by Crippen LogP contribution is -1.99. The number of H-pyrrole nitrogens is 1. The second-order valence-electron chi connectivity index (χ2n) is 3.59. The summed E-state index contributed by atoms with van der Waals surface area (Å²) in [5.41, 5.74) is 6.26. The normalized spacial score (nSPS) is 10.3. The van der Waals surface area contributed by atoms with Gasteiger partial charge in [0.25, 0.3) is 0 Å². The number of aromatic nitrogens is 2. The van der Waals surface area contributed by atoms with E-state index in [0.717, 1.165) is 0 Å². The Labute approximate surface area is 102 Å². The van der Waals surface area contributed by atoms with Gasteiger partial charge in [-0.1, -0.05) is 0 Å². The van der Waals surface area contributed by atoms with Crippen molar-refractivity contribution in [3.8, 4) is 22.8 Å². The molecule has 0 radical (unpaired) electrons. The minimum atomic E-state index is -1.25. The van der Waals surface area contributed by atoms with Gasteiger partial charge in [0.1, 0.15) is 11.4 Å². The third-order valence-corrected chi connectivity index (χ3v) is 2.43. The average Bonchev–Trinajstić information content (AvgIpc) is 2.76. The molecule has 0 unspecified atom stereocenters. The number of carboxylic acids is 1. The van der Waals surface area contributed by atoms with Gasteiger partial charge >= 0.3 is 5.97 Å². The number of ether oxygens (including phenoxy) is 1. The first-order valence-corrected chi connectivity index (χ1v) is 4.98. The van der Waals surface area contributed by atoms with Crippen molar-refractivity contribution >= 4 is 11.8 Å². The number of aromatic carboxylic acids is 1. The first-order chi connectivity index (χ1) is 8.52. The van der Waals surface area contributed by atoms with Crippen LogP contribution in [0.4, 0.5) is 5.82 Å². The second kappa shape index (κ2) is 4.28. The van der Waals surface area contributed by atoms with E-state index < -0.39 is 11.7 Å². The number of hydrogen-bond donors (Lipinski definition) is 4. The molecule has 94 valence electrons. The number of benzene rings is 1. The zero-order valence-electron chi connectivity index (χ0n) is 9.47. The average molecular weight is 249 g/mol. The summed E-state index contributed by atoms with van der Waals surface area (Å²) in [5.74, 6) is -1.31. The molecule has 2 rings (SSSR count). The molecule has 18 heavy (non-hydrogen) atoms. The van der Waals surface area contributed by atoms with Crippen LogP contribution in [0.5, 0.6) is 11.5 Å². The topological polar surface area (TPSA) is 121 Å². The van der Waals surface area contributed by atoms with E-state index in [1.165, 1.54) is 19.2 Å². The number of rotatable bonds is 3. The van der Waals surface area contributed by atoms with E-state index in [4.69, 9.17) is 15.6 Å². The minimum absolute atomic E-state index is 0.0677. The molecule has 0 saturated carbocycles. The number of anilines is 1. The van der Waals surface area contributed by atoms with Gasteiger partial charge in [-0.05, 0) is 12.1 Å². The van der Waals surface area contributed by atoms with Crippen LogP contribution in [0.1, 0.15) is 10.4 Å². The van der Waals surface area contributed by atoms with E-state index in [9.17, 15) is 9.90 Å². The van der Waals surface area contributed by atoms with Crippen molar-refractivity contribution < 1.29 is 19.7 Å². The Morgan fingerprint density at radius 3 is 2.67 bits per heavy atom. The third kappa shape index (κ3) is 1.93. The van der Waals surface area contributed by atoms with Crippen LogP contribution in [-0.2, 0) is 0 Å². The fourth-order valence-corrected chi connectivity index (χ4v) is 1.57. The number of aromatic hydroxyl groups is 1. The molecular formula is C11H11N3O4. The van der Waals surface area contributed by atoms with E-state index >= 15 is 0 Å². The summed E-state index contributed by atoms with van der Waals surface area (Å²) in [5, 5.41) is 25.1. The van der Waals surface area contributed by atoms with E-state index in [1.54, 1.807) is 6.07 Å². The van der Waals surface area contributed by atoms with Gasteiger partial charge in [0.2, 0.25) is 0 Å². The molecule has 0 amide bonds. The fraction of sp³-hybridized carbons (Fsp3) is 0.0909. The van der Waals surface area contributed by atoms with Crippen molar-refractivity contribution in [2.24, 2.45) is 0 Å². The lowest BCUT2D eigenvalue weighted by atomic mass is 10.1. The molecule has 7 heteroatoms. The van der Waals surface area contributed by atoms with E-state index in [0.29, 0.717) is 11.3 Å². The Kier molecular flexibility index (Phi) is 2.80. The largest absolute Gasteiger partial charge is 0.504 e. The van der Waals surface area contributed by atoms with E-state index in [2.05, 4.69) is 10.2 Å². The van der Waals surface area contributed by atoms with Crippen LogP contribution < -0.4 is 10.5 Å². The smallest absolute Gasteiger partial charge is 0.339 e. The van der Waals surface area contributed by atoms with Gasteiger partial charge in [-0.3, -0.25) is 5.10 Å². The van der Waals surface area contributed by atoms with Crippen LogP contribution in [0.25, 0.3) is 11.3 Å². The standard InChI is InChI=1S/C11H11N3O4/c1-18-8-3-5(7-4-9(12)14-13-7)2-6(10(8)15)11(16)17/h2-4,15H,1H3,(H,16,17)(H3,12,13,14). The maximum atomic E-state index is 11.0. The number of nitrogens with one attached hydrogen (secondary N) is 1. The summed E-state index contributed by atoms with van der Waals surface area (Å²) < 4.78 is 4.93. The summed E-state index contributed by atoms with van der Waals surface area (Å²) in [6.45, 7) is 0. The summed E-state index contributed by atoms with van der Waals surface area (Å²) in [4.78, 5) is 11.0. The minimum Gasteiger partial charge on any atom is -0.504 e. The highest BCUT2D eigenvalue weighted by Crippen LogP contribution is 2.35. The van der Waals surface area contributed by atoms with Gasteiger partial charge in [-0.15, -0.1) is 0 Å². The highest BCUT2D eigenvalue weighted by Gasteiger charge is 2.17. The number of nitrogen functional groups attached to an aromatic ring is 1. The number of hydrogen-bond acceptors (Lipinski definition) is 5. The highest BCUT2D eigenvalue weighted by atomic mass is 16.5. The van der Waals surface area contributed by atoms with Gasteiger partial charge in [-0.2, -0.15) is 5.10 Å². The molecule has 1 aromatic carbocycles. The summed E-state index contributed by atoms with van der Waals surface area (Å²) in [6.07, 6.45) is 0.